The normalized spacial score (nSPS) is 14.6. The number of rotatable bonds is 3. The summed E-state index contributed by atoms with van der Waals surface area (Å²) in [7, 11) is 0. The summed E-state index contributed by atoms with van der Waals surface area (Å²) in [5.41, 5.74) is 0. The number of hydrogen-bond acceptors (Lipinski definition) is 1. The molecule has 0 aliphatic heterocycles. The molecule has 0 radical (unpaired) electrons. The van der Waals surface area contributed by atoms with E-state index in [1.807, 2.05) is 26.8 Å². The first-order valence-corrected chi connectivity index (χ1v) is 4.36. The van der Waals surface area contributed by atoms with Crippen LogP contribution in [0.15, 0.2) is 12.2 Å². The van der Waals surface area contributed by atoms with Crippen molar-refractivity contribution in [2.24, 2.45) is 11.8 Å². The summed E-state index contributed by atoms with van der Waals surface area (Å²) in [6, 6.07) is 0. The zero-order valence-electron chi connectivity index (χ0n) is 8.74. The van der Waals surface area contributed by atoms with E-state index in [2.05, 4.69) is 11.8 Å². The Kier molecular flexibility index (Phi) is 10.1. The molecule has 0 aromatic rings. The number of allylic oxidation sites excluding steroid dienone is 1. The van der Waals surface area contributed by atoms with Gasteiger partial charge in [-0.3, -0.25) is 0 Å². The van der Waals surface area contributed by atoms with E-state index in [0.717, 1.165) is 0 Å². The van der Waals surface area contributed by atoms with Crippen LogP contribution in [0, 0.1) is 23.7 Å². The Morgan fingerprint density at radius 2 is 1.77 bits per heavy atom. The second-order valence-corrected chi connectivity index (χ2v) is 3.35. The van der Waals surface area contributed by atoms with Crippen molar-refractivity contribution in [3.05, 3.63) is 12.2 Å². The molecule has 2 atom stereocenters. The van der Waals surface area contributed by atoms with Crippen molar-refractivity contribution in [3.8, 4) is 11.8 Å². The van der Waals surface area contributed by atoms with E-state index in [0.29, 0.717) is 5.92 Å². The fourth-order valence-corrected chi connectivity index (χ4v) is 1.00. The largest absolute Gasteiger partial charge is 0.392 e. The van der Waals surface area contributed by atoms with Gasteiger partial charge in [0.1, 0.15) is 0 Å². The average Bonchev–Trinajstić information content (AvgIpc) is 2.03. The van der Waals surface area contributed by atoms with Crippen molar-refractivity contribution in [1.82, 2.24) is 0 Å². The van der Waals surface area contributed by atoms with Crippen LogP contribution in [-0.4, -0.2) is 11.2 Å². The van der Waals surface area contributed by atoms with E-state index >= 15 is 0 Å². The van der Waals surface area contributed by atoms with E-state index in [1.165, 1.54) is 0 Å². The monoisotopic (exact) mass is 350 g/mol. The van der Waals surface area contributed by atoms with Crippen molar-refractivity contribution >= 4 is 0 Å². The van der Waals surface area contributed by atoms with Gasteiger partial charge >= 0.3 is 0 Å². The Hall–Kier alpha value is -0.0517. The molecule has 0 aromatic carbocycles. The van der Waals surface area contributed by atoms with Gasteiger partial charge in [-0.05, 0) is 18.9 Å². The standard InChI is InChI=1S/C11H18O.W/c1-5-6-7-8-10(4)11(12)9(2)3;/h7-12H,1-4H3;/b8-7+;/t10-,11+;/m1./s1. The second kappa shape index (κ2) is 8.54. The molecule has 0 bridgehead atoms. The van der Waals surface area contributed by atoms with Gasteiger partial charge < -0.3 is 5.11 Å². The zero-order chi connectivity index (χ0) is 9.56. The third kappa shape index (κ3) is 7.05. The Bertz CT molecular complexity index is 198. The molecule has 0 saturated heterocycles. The minimum Gasteiger partial charge on any atom is -0.392 e. The molecule has 0 aromatic heterocycles. The van der Waals surface area contributed by atoms with Crippen LogP contribution in [0.3, 0.4) is 0 Å². The van der Waals surface area contributed by atoms with Gasteiger partial charge in [0.25, 0.3) is 0 Å². The molecule has 0 spiro atoms. The van der Waals surface area contributed by atoms with Gasteiger partial charge in [-0.1, -0.05) is 32.8 Å². The fraction of sp³-hybridized carbons (Fsp3) is 0.636. The van der Waals surface area contributed by atoms with Gasteiger partial charge in [0.2, 0.25) is 0 Å². The van der Waals surface area contributed by atoms with Crippen LogP contribution in [0.5, 0.6) is 0 Å². The molecule has 13 heavy (non-hydrogen) atoms. The molecular weight excluding hydrogens is 332 g/mol. The van der Waals surface area contributed by atoms with Crippen molar-refractivity contribution in [2.75, 3.05) is 0 Å². The first-order chi connectivity index (χ1) is 5.59. The van der Waals surface area contributed by atoms with Gasteiger partial charge in [0, 0.05) is 27.0 Å². The molecule has 0 aliphatic rings. The Morgan fingerprint density at radius 3 is 2.15 bits per heavy atom. The average molecular weight is 350 g/mol. The first kappa shape index (κ1) is 15.4. The van der Waals surface area contributed by atoms with Gasteiger partial charge in [0.15, 0.2) is 0 Å². The number of aliphatic hydroxyl groups is 1. The van der Waals surface area contributed by atoms with Crippen molar-refractivity contribution < 1.29 is 26.2 Å². The van der Waals surface area contributed by atoms with E-state index in [4.69, 9.17) is 0 Å². The Morgan fingerprint density at radius 1 is 1.23 bits per heavy atom. The number of hydrogen-bond donors (Lipinski definition) is 1. The van der Waals surface area contributed by atoms with Crippen LogP contribution < -0.4 is 0 Å². The summed E-state index contributed by atoms with van der Waals surface area (Å²) in [6.45, 7) is 7.83. The third-order valence-electron chi connectivity index (χ3n) is 1.85. The van der Waals surface area contributed by atoms with Crippen molar-refractivity contribution in [2.45, 2.75) is 33.8 Å². The summed E-state index contributed by atoms with van der Waals surface area (Å²) in [5, 5.41) is 9.59. The quantitative estimate of drug-likeness (QED) is 0.774. The molecule has 0 saturated carbocycles. The molecule has 2 heteroatoms. The predicted molar refractivity (Wildman–Crippen MR) is 52.6 cm³/mol. The van der Waals surface area contributed by atoms with Gasteiger partial charge in [-0.25, -0.2) is 0 Å². The fourth-order valence-electron chi connectivity index (χ4n) is 1.00. The van der Waals surface area contributed by atoms with Crippen molar-refractivity contribution in [3.63, 3.8) is 0 Å². The van der Waals surface area contributed by atoms with Crippen LogP contribution in [0.4, 0.5) is 0 Å². The molecule has 0 heterocycles. The minimum atomic E-state index is -0.264. The van der Waals surface area contributed by atoms with Crippen LogP contribution in [0.1, 0.15) is 27.7 Å². The predicted octanol–water partition coefficient (Wildman–Crippen LogP) is 2.22. The van der Waals surface area contributed by atoms with E-state index in [-0.39, 0.29) is 33.1 Å². The van der Waals surface area contributed by atoms with Crippen LogP contribution in [-0.2, 0) is 21.1 Å². The van der Waals surface area contributed by atoms with Gasteiger partial charge in [-0.15, -0.1) is 5.92 Å². The number of aliphatic hydroxyl groups excluding tert-OH is 1. The molecule has 0 unspecified atom stereocenters. The maximum absolute atomic E-state index is 9.59. The smallest absolute Gasteiger partial charge is 0.0623 e. The van der Waals surface area contributed by atoms with Gasteiger partial charge in [0.05, 0.1) is 6.10 Å². The minimum absolute atomic E-state index is 0. The van der Waals surface area contributed by atoms with Crippen LogP contribution >= 0.6 is 0 Å². The molecule has 0 aliphatic carbocycles. The summed E-state index contributed by atoms with van der Waals surface area (Å²) in [5.74, 6) is 6.09. The summed E-state index contributed by atoms with van der Waals surface area (Å²) in [4.78, 5) is 0. The van der Waals surface area contributed by atoms with E-state index in [9.17, 15) is 5.11 Å². The molecule has 1 N–H and O–H groups in total. The van der Waals surface area contributed by atoms with Gasteiger partial charge in [-0.2, -0.15) is 0 Å². The topological polar surface area (TPSA) is 20.2 Å². The zero-order valence-corrected chi connectivity index (χ0v) is 11.7. The molecule has 0 fully saturated rings. The first-order valence-electron chi connectivity index (χ1n) is 4.36. The van der Waals surface area contributed by atoms with E-state index in [1.54, 1.807) is 13.0 Å². The summed E-state index contributed by atoms with van der Waals surface area (Å²) >= 11 is 0. The Balaban J connectivity index is 0. The summed E-state index contributed by atoms with van der Waals surface area (Å²) < 4.78 is 0. The van der Waals surface area contributed by atoms with Crippen LogP contribution in [0.2, 0.25) is 0 Å². The third-order valence-corrected chi connectivity index (χ3v) is 1.85. The SMILES string of the molecule is CC#C/C=C/[C@@H](C)[C@@H](O)C(C)C.[W]. The van der Waals surface area contributed by atoms with E-state index < -0.39 is 0 Å². The molecule has 0 amide bonds. The molecular formula is C11H18OW. The second-order valence-electron chi connectivity index (χ2n) is 3.35. The molecule has 0 rings (SSSR count). The molecule has 1 nitrogen and oxygen atoms in total. The maximum Gasteiger partial charge on any atom is 0.0623 e. The van der Waals surface area contributed by atoms with Crippen molar-refractivity contribution in [1.29, 1.82) is 0 Å². The van der Waals surface area contributed by atoms with Crippen LogP contribution in [0.25, 0.3) is 0 Å². The summed E-state index contributed by atoms with van der Waals surface area (Å²) in [6.07, 6.45) is 3.48. The molecule has 74 valence electrons. The maximum atomic E-state index is 9.59. The Labute approximate surface area is 95.9 Å².